The number of aryl methyl sites for hydroxylation is 2. The number of piperazine rings is 1. The van der Waals surface area contributed by atoms with Gasteiger partial charge in [0.1, 0.15) is 6.34 Å². The summed E-state index contributed by atoms with van der Waals surface area (Å²) in [7, 11) is 0. The van der Waals surface area contributed by atoms with Crippen molar-refractivity contribution in [2.45, 2.75) is 13.8 Å². The Labute approximate surface area is 180 Å². The van der Waals surface area contributed by atoms with E-state index < -0.39 is 0 Å². The van der Waals surface area contributed by atoms with Gasteiger partial charge in [-0.2, -0.15) is 0 Å². The van der Waals surface area contributed by atoms with E-state index in [4.69, 9.17) is 5.21 Å². The second kappa shape index (κ2) is 13.0. The molecule has 1 aliphatic rings. The number of oxime groups is 1. The molecule has 28 heavy (non-hydrogen) atoms. The number of nitrogens with zero attached hydrogens (tertiary/aromatic N) is 3. The molecule has 3 rings (SSSR count). The van der Waals surface area contributed by atoms with Crippen molar-refractivity contribution in [1.82, 2.24) is 0 Å². The third-order valence-corrected chi connectivity index (χ3v) is 4.74. The van der Waals surface area contributed by atoms with E-state index in [0.29, 0.717) is 0 Å². The van der Waals surface area contributed by atoms with Gasteiger partial charge in [-0.25, -0.2) is 0 Å². The Morgan fingerprint density at radius 3 is 1.96 bits per heavy atom. The van der Waals surface area contributed by atoms with Crippen LogP contribution in [0, 0.1) is 13.8 Å². The summed E-state index contributed by atoms with van der Waals surface area (Å²) in [5.74, 6) is 0. The molecule has 1 saturated heterocycles. The van der Waals surface area contributed by atoms with Crippen LogP contribution in [-0.2, 0) is 0 Å². The van der Waals surface area contributed by atoms with E-state index in [1.807, 2.05) is 0 Å². The van der Waals surface area contributed by atoms with Crippen molar-refractivity contribution >= 4 is 51.4 Å². The molecule has 2 aromatic carbocycles. The number of nitrogens with two attached hydrogens (primary N) is 2. The van der Waals surface area contributed by atoms with Crippen molar-refractivity contribution in [3.8, 4) is 0 Å². The quantitative estimate of drug-likeness (QED) is 0.206. The van der Waals surface area contributed by atoms with E-state index in [2.05, 4.69) is 111 Å². The number of anilines is 2. The van der Waals surface area contributed by atoms with E-state index in [-0.39, 0.29) is 0 Å². The third-order valence-electron chi connectivity index (χ3n) is 4.24. The Bertz CT molecular complexity index is 743. The van der Waals surface area contributed by atoms with Crippen molar-refractivity contribution in [3.63, 3.8) is 0 Å². The maximum Gasteiger partial charge on any atom is 0.125 e. The van der Waals surface area contributed by atoms with E-state index in [0.717, 1.165) is 42.5 Å². The highest BCUT2D eigenvalue weighted by Gasteiger charge is 2.18. The maximum absolute atomic E-state index is 7.32. The molecule has 1 fully saturated rings. The van der Waals surface area contributed by atoms with E-state index in [1.165, 1.54) is 22.5 Å². The molecule has 0 bridgehead atoms. The number of benzene rings is 2. The van der Waals surface area contributed by atoms with Gasteiger partial charge in [0.05, 0.1) is 5.49 Å². The standard InChI is InChI=1S/C18H21BrN2.CH4N2O.CH3NS/c1-14-3-6-17(7-4-14)20-9-11-21(12-10-20)18-8-5-16(19)13-15(18)2;2-1-3-4;2-1-3/h3-8,13H,9-12H2,1-2H3;1,4H,(H2,2,3);1H,(H2,2,3). The van der Waals surface area contributed by atoms with E-state index in [1.54, 1.807) is 0 Å². The van der Waals surface area contributed by atoms with Crippen LogP contribution in [0.3, 0.4) is 0 Å². The van der Waals surface area contributed by atoms with Crippen molar-refractivity contribution in [1.29, 1.82) is 0 Å². The Morgan fingerprint density at radius 1 is 1.00 bits per heavy atom. The van der Waals surface area contributed by atoms with Crippen LogP contribution in [0.4, 0.5) is 11.4 Å². The van der Waals surface area contributed by atoms with Gasteiger partial charge in [0.15, 0.2) is 0 Å². The molecule has 0 amide bonds. The second-order valence-corrected chi connectivity index (χ2v) is 7.33. The van der Waals surface area contributed by atoms with Gasteiger partial charge < -0.3 is 26.5 Å². The molecular weight excluding hydrogens is 438 g/mol. The predicted molar refractivity (Wildman–Crippen MR) is 127 cm³/mol. The molecule has 0 atom stereocenters. The summed E-state index contributed by atoms with van der Waals surface area (Å²) in [6, 6.07) is 15.4. The molecule has 6 nitrogen and oxygen atoms in total. The minimum Gasteiger partial charge on any atom is -0.410 e. The third kappa shape index (κ3) is 7.74. The molecule has 1 heterocycles. The van der Waals surface area contributed by atoms with Gasteiger partial charge in [0.2, 0.25) is 0 Å². The van der Waals surface area contributed by atoms with Crippen LogP contribution in [0.2, 0.25) is 0 Å². The first-order valence-electron chi connectivity index (χ1n) is 8.82. The maximum atomic E-state index is 7.32. The first-order chi connectivity index (χ1) is 13.5. The van der Waals surface area contributed by atoms with Gasteiger partial charge in [-0.1, -0.05) is 51.0 Å². The zero-order valence-corrected chi connectivity index (χ0v) is 18.7. The molecule has 5 N–H and O–H groups in total. The van der Waals surface area contributed by atoms with E-state index >= 15 is 0 Å². The largest absolute Gasteiger partial charge is 0.410 e. The topological polar surface area (TPSA) is 91.1 Å². The van der Waals surface area contributed by atoms with Crippen molar-refractivity contribution in [2.24, 2.45) is 16.6 Å². The Balaban J connectivity index is 0.000000489. The van der Waals surface area contributed by atoms with Crippen LogP contribution >= 0.6 is 28.1 Å². The normalized spacial score (nSPS) is 13.2. The van der Waals surface area contributed by atoms with Gasteiger partial charge in [-0.05, 0) is 49.7 Å². The minimum absolute atomic E-state index is 0.806. The van der Waals surface area contributed by atoms with Crippen LogP contribution < -0.4 is 21.3 Å². The SMILES string of the molecule is Cc1ccc(N2CCN(c3ccc(Br)cc3C)CC2)cc1.N/C=N\O.NC=S. The Morgan fingerprint density at radius 2 is 1.50 bits per heavy atom. The summed E-state index contributed by atoms with van der Waals surface area (Å²) in [5.41, 5.74) is 15.5. The molecule has 0 saturated carbocycles. The number of thiocarbonyl (C=S) groups is 1. The summed E-state index contributed by atoms with van der Waals surface area (Å²) in [6.45, 7) is 8.65. The molecule has 0 aromatic heterocycles. The van der Waals surface area contributed by atoms with Crippen LogP contribution in [-0.4, -0.2) is 43.2 Å². The van der Waals surface area contributed by atoms with Crippen LogP contribution in [0.1, 0.15) is 11.1 Å². The highest BCUT2D eigenvalue weighted by molar-refractivity contribution is 9.10. The monoisotopic (exact) mass is 465 g/mol. The van der Waals surface area contributed by atoms with Gasteiger partial charge >= 0.3 is 0 Å². The van der Waals surface area contributed by atoms with Crippen molar-refractivity contribution in [2.75, 3.05) is 36.0 Å². The van der Waals surface area contributed by atoms with Gasteiger partial charge in [-0.3, -0.25) is 0 Å². The van der Waals surface area contributed by atoms with Crippen LogP contribution in [0.15, 0.2) is 52.1 Å². The van der Waals surface area contributed by atoms with Gasteiger partial charge in [-0.15, -0.1) is 0 Å². The lowest BCUT2D eigenvalue weighted by molar-refractivity contribution is 0.321. The molecule has 0 spiro atoms. The number of halogens is 1. The van der Waals surface area contributed by atoms with Crippen molar-refractivity contribution < 1.29 is 5.21 Å². The summed E-state index contributed by atoms with van der Waals surface area (Å²) < 4.78 is 1.15. The Hall–Kier alpha value is -2.32. The fourth-order valence-electron chi connectivity index (χ4n) is 2.93. The summed E-state index contributed by atoms with van der Waals surface area (Å²) in [6.07, 6.45) is 0.806. The molecular formula is C20H28BrN5OS. The van der Waals surface area contributed by atoms with Crippen LogP contribution in [0.25, 0.3) is 0 Å². The van der Waals surface area contributed by atoms with E-state index in [9.17, 15) is 0 Å². The molecule has 2 aromatic rings. The smallest absolute Gasteiger partial charge is 0.125 e. The lowest BCUT2D eigenvalue weighted by Gasteiger charge is -2.38. The summed E-state index contributed by atoms with van der Waals surface area (Å²) in [4.78, 5) is 4.97. The zero-order chi connectivity index (χ0) is 20.9. The lowest BCUT2D eigenvalue weighted by atomic mass is 10.1. The average Bonchev–Trinajstić information content (AvgIpc) is 2.70. The lowest BCUT2D eigenvalue weighted by Crippen LogP contribution is -2.46. The first-order valence-corrected chi connectivity index (χ1v) is 10.1. The average molecular weight is 466 g/mol. The molecule has 1 aliphatic heterocycles. The fraction of sp³-hybridized carbons (Fsp3) is 0.300. The number of hydrogen-bond donors (Lipinski definition) is 3. The molecule has 0 unspecified atom stereocenters. The first kappa shape index (κ1) is 23.7. The van der Waals surface area contributed by atoms with Gasteiger partial charge in [0, 0.05) is 42.0 Å². The number of hydrogen-bond acceptors (Lipinski definition) is 5. The molecule has 152 valence electrons. The highest BCUT2D eigenvalue weighted by Crippen LogP contribution is 2.26. The molecule has 0 radical (unpaired) electrons. The predicted octanol–water partition coefficient (Wildman–Crippen LogP) is 3.66. The van der Waals surface area contributed by atoms with Crippen LogP contribution in [0.5, 0.6) is 0 Å². The number of rotatable bonds is 2. The highest BCUT2D eigenvalue weighted by atomic mass is 79.9. The van der Waals surface area contributed by atoms with Gasteiger partial charge in [0.25, 0.3) is 0 Å². The minimum atomic E-state index is 0.806. The fourth-order valence-corrected chi connectivity index (χ4v) is 3.41. The molecule has 8 heteroatoms. The second-order valence-electron chi connectivity index (χ2n) is 6.14. The summed E-state index contributed by atoms with van der Waals surface area (Å²) >= 11 is 7.59. The molecule has 0 aliphatic carbocycles. The zero-order valence-electron chi connectivity index (χ0n) is 16.3. The van der Waals surface area contributed by atoms with Crippen molar-refractivity contribution in [3.05, 3.63) is 58.1 Å². The Kier molecular flexibility index (Phi) is 11.0. The summed E-state index contributed by atoms with van der Waals surface area (Å²) in [5, 5.41) is 9.71.